The van der Waals surface area contributed by atoms with Gasteiger partial charge in [-0.3, -0.25) is 4.79 Å². The van der Waals surface area contributed by atoms with Crippen molar-refractivity contribution in [2.24, 2.45) is 0 Å². The Morgan fingerprint density at radius 1 is 1.22 bits per heavy atom. The second-order valence-electron chi connectivity index (χ2n) is 4.92. The van der Waals surface area contributed by atoms with Crippen LogP contribution in [-0.2, 0) is 0 Å². The third kappa shape index (κ3) is 3.90. The molecule has 3 aromatic rings. The summed E-state index contributed by atoms with van der Waals surface area (Å²) in [5.74, 6) is -0.203. The van der Waals surface area contributed by atoms with Crippen molar-refractivity contribution in [1.29, 1.82) is 0 Å². The molecule has 0 aliphatic carbocycles. The fourth-order valence-electron chi connectivity index (χ4n) is 2.12. The Labute approximate surface area is 150 Å². The van der Waals surface area contributed by atoms with Gasteiger partial charge in [0.25, 0.3) is 5.91 Å². The Bertz CT molecular complexity index is 799. The zero-order valence-electron chi connectivity index (χ0n) is 12.0. The molecule has 23 heavy (non-hydrogen) atoms. The number of hydrogen-bond donors (Lipinski definition) is 2. The molecule has 0 bridgehead atoms. The Balaban J connectivity index is 1.62. The molecule has 1 amide bonds. The average molecular weight is 408 g/mol. The van der Waals surface area contributed by atoms with Crippen LogP contribution in [0.3, 0.4) is 0 Å². The van der Waals surface area contributed by atoms with Crippen LogP contribution < -0.4 is 5.32 Å². The number of halogens is 1. The van der Waals surface area contributed by atoms with Crippen LogP contribution in [0.25, 0.3) is 10.4 Å². The fraction of sp³-hybridized carbons (Fsp3) is 0.118. The summed E-state index contributed by atoms with van der Waals surface area (Å²) in [5.41, 5.74) is 1.72. The van der Waals surface area contributed by atoms with E-state index in [2.05, 4.69) is 32.7 Å². The topological polar surface area (TPSA) is 49.3 Å². The summed E-state index contributed by atoms with van der Waals surface area (Å²) in [5, 5.41) is 17.2. The van der Waals surface area contributed by atoms with Gasteiger partial charge >= 0.3 is 0 Å². The summed E-state index contributed by atoms with van der Waals surface area (Å²) in [6.45, 7) is 0.184. The average Bonchev–Trinajstić information content (AvgIpc) is 3.23. The lowest BCUT2D eigenvalue weighted by Gasteiger charge is -2.11. The van der Waals surface area contributed by atoms with Gasteiger partial charge in [-0.05, 0) is 57.0 Å². The third-order valence-corrected chi connectivity index (χ3v) is 5.95. The van der Waals surface area contributed by atoms with Crippen LogP contribution in [0.4, 0.5) is 0 Å². The molecule has 2 N–H and O–H groups in total. The molecule has 0 saturated heterocycles. The van der Waals surface area contributed by atoms with Crippen LogP contribution in [0.1, 0.15) is 21.3 Å². The molecule has 1 aromatic carbocycles. The molecular weight excluding hydrogens is 394 g/mol. The van der Waals surface area contributed by atoms with Crippen LogP contribution in [0.15, 0.2) is 57.7 Å². The molecule has 0 aliphatic rings. The van der Waals surface area contributed by atoms with Gasteiger partial charge in [0.05, 0.1) is 5.56 Å². The van der Waals surface area contributed by atoms with E-state index >= 15 is 0 Å². The molecule has 1 atom stereocenters. The maximum Gasteiger partial charge on any atom is 0.252 e. The molecule has 0 aliphatic heterocycles. The molecule has 2 aromatic heterocycles. The largest absolute Gasteiger partial charge is 0.386 e. The lowest BCUT2D eigenvalue weighted by atomic mass is 10.2. The highest BCUT2D eigenvalue weighted by atomic mass is 79.9. The van der Waals surface area contributed by atoms with Gasteiger partial charge in [-0.15, -0.1) is 11.3 Å². The van der Waals surface area contributed by atoms with E-state index in [1.807, 2.05) is 35.7 Å². The summed E-state index contributed by atoms with van der Waals surface area (Å²) in [7, 11) is 0. The van der Waals surface area contributed by atoms with Crippen molar-refractivity contribution in [3.8, 4) is 10.4 Å². The lowest BCUT2D eigenvalue weighted by molar-refractivity contribution is 0.0917. The van der Waals surface area contributed by atoms with E-state index in [-0.39, 0.29) is 12.5 Å². The van der Waals surface area contributed by atoms with Crippen molar-refractivity contribution in [1.82, 2.24) is 5.32 Å². The fourth-order valence-corrected chi connectivity index (χ4v) is 4.31. The number of amides is 1. The first kappa shape index (κ1) is 16.4. The lowest BCUT2D eigenvalue weighted by Crippen LogP contribution is -2.28. The number of aliphatic hydroxyl groups is 1. The van der Waals surface area contributed by atoms with Crippen molar-refractivity contribution in [2.75, 3.05) is 6.54 Å². The van der Waals surface area contributed by atoms with Gasteiger partial charge < -0.3 is 10.4 Å². The molecule has 3 nitrogen and oxygen atoms in total. The molecular formula is C17H14BrNO2S2. The summed E-state index contributed by atoms with van der Waals surface area (Å²) in [6, 6.07) is 13.2. The van der Waals surface area contributed by atoms with Gasteiger partial charge in [0.15, 0.2) is 0 Å². The van der Waals surface area contributed by atoms with Gasteiger partial charge in [-0.1, -0.05) is 12.1 Å². The smallest absolute Gasteiger partial charge is 0.252 e. The highest BCUT2D eigenvalue weighted by Crippen LogP contribution is 2.32. The Morgan fingerprint density at radius 2 is 2.04 bits per heavy atom. The standard InChI is InChI=1S/C17H14BrNO2S2/c18-13-4-2-1-3-12(13)17(21)19-9-14(20)16-6-5-15(23-16)11-7-8-22-10-11/h1-8,10,14,20H,9H2,(H,19,21). The molecule has 6 heteroatoms. The van der Waals surface area contributed by atoms with E-state index in [9.17, 15) is 9.90 Å². The van der Waals surface area contributed by atoms with Crippen LogP contribution in [0.5, 0.6) is 0 Å². The first-order valence-corrected chi connectivity index (χ1v) is 9.53. The van der Waals surface area contributed by atoms with E-state index < -0.39 is 6.10 Å². The van der Waals surface area contributed by atoms with E-state index in [1.54, 1.807) is 28.7 Å². The number of carbonyl (C=O) groups is 1. The number of hydrogen-bond acceptors (Lipinski definition) is 4. The second-order valence-corrected chi connectivity index (χ2v) is 7.67. The summed E-state index contributed by atoms with van der Waals surface area (Å²) in [4.78, 5) is 14.1. The highest BCUT2D eigenvalue weighted by molar-refractivity contribution is 9.10. The van der Waals surface area contributed by atoms with Crippen LogP contribution in [0.2, 0.25) is 0 Å². The van der Waals surface area contributed by atoms with Crippen LogP contribution >= 0.6 is 38.6 Å². The predicted octanol–water partition coefficient (Wildman–Crippen LogP) is 4.70. The molecule has 2 heterocycles. The summed E-state index contributed by atoms with van der Waals surface area (Å²) in [6.07, 6.45) is -0.709. The zero-order valence-corrected chi connectivity index (χ0v) is 15.2. The Morgan fingerprint density at radius 3 is 2.78 bits per heavy atom. The van der Waals surface area contributed by atoms with Gasteiger partial charge in [0.1, 0.15) is 6.10 Å². The summed E-state index contributed by atoms with van der Waals surface area (Å²) < 4.78 is 0.739. The first-order valence-electron chi connectivity index (χ1n) is 6.98. The number of rotatable bonds is 5. The quantitative estimate of drug-likeness (QED) is 0.643. The van der Waals surface area contributed by atoms with Crippen molar-refractivity contribution in [2.45, 2.75) is 6.10 Å². The third-order valence-electron chi connectivity index (χ3n) is 3.34. The number of benzene rings is 1. The minimum absolute atomic E-state index is 0.184. The van der Waals surface area contributed by atoms with Crippen LogP contribution in [-0.4, -0.2) is 17.6 Å². The Hall–Kier alpha value is -1.47. The molecule has 1 unspecified atom stereocenters. The maximum absolute atomic E-state index is 12.1. The molecule has 0 fully saturated rings. The minimum atomic E-state index is -0.709. The van der Waals surface area contributed by atoms with Gasteiger partial charge in [-0.25, -0.2) is 0 Å². The number of thiophene rings is 2. The maximum atomic E-state index is 12.1. The van der Waals surface area contributed by atoms with Gasteiger partial charge in [0.2, 0.25) is 0 Å². The Kier molecular flexibility index (Phi) is 5.27. The molecule has 3 rings (SSSR count). The normalized spacial score (nSPS) is 12.1. The van der Waals surface area contributed by atoms with Crippen molar-refractivity contribution in [3.63, 3.8) is 0 Å². The summed E-state index contributed by atoms with van der Waals surface area (Å²) >= 11 is 6.55. The number of carbonyl (C=O) groups excluding carboxylic acids is 1. The van der Waals surface area contributed by atoms with E-state index in [0.29, 0.717) is 5.56 Å². The van der Waals surface area contributed by atoms with Crippen molar-refractivity contribution in [3.05, 3.63) is 68.1 Å². The molecule has 0 spiro atoms. The molecule has 0 saturated carbocycles. The molecule has 0 radical (unpaired) electrons. The second kappa shape index (κ2) is 7.40. The van der Waals surface area contributed by atoms with E-state index in [4.69, 9.17) is 0 Å². The van der Waals surface area contributed by atoms with Crippen LogP contribution in [0, 0.1) is 0 Å². The molecule has 118 valence electrons. The SMILES string of the molecule is O=C(NCC(O)c1ccc(-c2ccsc2)s1)c1ccccc1Br. The highest BCUT2D eigenvalue weighted by Gasteiger charge is 2.15. The monoisotopic (exact) mass is 407 g/mol. The van der Waals surface area contributed by atoms with Gasteiger partial charge in [0, 0.05) is 26.3 Å². The minimum Gasteiger partial charge on any atom is -0.386 e. The van der Waals surface area contributed by atoms with Crippen molar-refractivity contribution >= 4 is 44.5 Å². The first-order chi connectivity index (χ1) is 11.1. The van der Waals surface area contributed by atoms with E-state index in [0.717, 1.165) is 19.8 Å². The van der Waals surface area contributed by atoms with Crippen molar-refractivity contribution < 1.29 is 9.90 Å². The predicted molar refractivity (Wildman–Crippen MR) is 99.1 cm³/mol. The number of aliphatic hydroxyl groups excluding tert-OH is 1. The zero-order chi connectivity index (χ0) is 16.2. The van der Waals surface area contributed by atoms with Gasteiger partial charge in [-0.2, -0.15) is 11.3 Å². The number of nitrogens with one attached hydrogen (secondary N) is 1. The van der Waals surface area contributed by atoms with E-state index in [1.165, 1.54) is 0 Å².